The minimum Gasteiger partial charge on any atom is -0.507 e. The summed E-state index contributed by atoms with van der Waals surface area (Å²) in [7, 11) is 0. The number of aromatic nitrogens is 3. The van der Waals surface area contributed by atoms with Crippen molar-refractivity contribution < 1.29 is 9.90 Å². The standard InChI is InChI=1S/C28H31N5O2.C3H8/c1-19(16-21-8-4-3-5-9-21)28(35)32-14-12-22(13-15-32)30-26-17-24(23-10-6-7-11-25(23)34)31-27-20(2)18-29-33(26)27;1-3-2/h3-11,17-19,22,30,34H,12-16H2,1-2H3;3H2,1-2H3. The molecule has 4 aromatic rings. The van der Waals surface area contributed by atoms with Crippen molar-refractivity contribution in [3.63, 3.8) is 0 Å². The van der Waals surface area contributed by atoms with Gasteiger partial charge in [-0.05, 0) is 43.9 Å². The number of carbonyl (C=O) groups excluding carboxylic acids is 1. The molecular formula is C31H39N5O2. The van der Waals surface area contributed by atoms with E-state index in [9.17, 15) is 9.90 Å². The Bertz CT molecular complexity index is 1340. The second-order valence-electron chi connectivity index (χ2n) is 10.1. The molecule has 3 heterocycles. The Morgan fingerprint density at radius 2 is 1.74 bits per heavy atom. The summed E-state index contributed by atoms with van der Waals surface area (Å²) in [6.07, 6.45) is 5.54. The average Bonchev–Trinajstić information content (AvgIpc) is 3.31. The molecule has 7 heteroatoms. The van der Waals surface area contributed by atoms with Crippen LogP contribution in [0, 0.1) is 12.8 Å². The largest absolute Gasteiger partial charge is 0.507 e. The van der Waals surface area contributed by atoms with E-state index in [2.05, 4.69) is 36.4 Å². The number of phenolic OH excluding ortho intramolecular Hbond substituents is 1. The summed E-state index contributed by atoms with van der Waals surface area (Å²) < 4.78 is 1.82. The first-order chi connectivity index (χ1) is 18.4. The Morgan fingerprint density at radius 3 is 2.42 bits per heavy atom. The van der Waals surface area contributed by atoms with Crippen molar-refractivity contribution >= 4 is 17.4 Å². The third-order valence-corrected chi connectivity index (χ3v) is 6.79. The molecule has 1 saturated heterocycles. The van der Waals surface area contributed by atoms with Crippen LogP contribution in [0.3, 0.4) is 0 Å². The molecular weight excluding hydrogens is 474 g/mol. The Kier molecular flexibility index (Phi) is 9.00. The van der Waals surface area contributed by atoms with Crippen molar-refractivity contribution in [3.8, 4) is 17.0 Å². The van der Waals surface area contributed by atoms with Crippen LogP contribution in [0.2, 0.25) is 0 Å². The van der Waals surface area contributed by atoms with Gasteiger partial charge in [0, 0.05) is 42.2 Å². The lowest BCUT2D eigenvalue weighted by atomic mass is 9.97. The number of amides is 1. The molecule has 5 rings (SSSR count). The fourth-order valence-corrected chi connectivity index (χ4v) is 4.82. The van der Waals surface area contributed by atoms with Gasteiger partial charge in [0.25, 0.3) is 0 Å². The number of phenols is 1. The molecule has 1 fully saturated rings. The lowest BCUT2D eigenvalue weighted by molar-refractivity contribution is -0.135. The van der Waals surface area contributed by atoms with Crippen LogP contribution in [-0.4, -0.2) is 49.6 Å². The molecule has 2 aromatic heterocycles. The molecule has 1 aliphatic rings. The average molecular weight is 514 g/mol. The van der Waals surface area contributed by atoms with Crippen LogP contribution in [0.1, 0.15) is 51.2 Å². The van der Waals surface area contributed by atoms with Crippen LogP contribution in [0.4, 0.5) is 5.82 Å². The zero-order valence-electron chi connectivity index (χ0n) is 22.9. The molecule has 200 valence electrons. The summed E-state index contributed by atoms with van der Waals surface area (Å²) in [5, 5.41) is 18.5. The van der Waals surface area contributed by atoms with Crippen molar-refractivity contribution in [2.75, 3.05) is 18.4 Å². The Labute approximate surface area is 225 Å². The molecule has 1 amide bonds. The number of fused-ring (bicyclic) bond motifs is 1. The fourth-order valence-electron chi connectivity index (χ4n) is 4.82. The van der Waals surface area contributed by atoms with Gasteiger partial charge in [-0.25, -0.2) is 4.98 Å². The quantitative estimate of drug-likeness (QED) is 0.325. The van der Waals surface area contributed by atoms with E-state index in [1.54, 1.807) is 18.3 Å². The topological polar surface area (TPSA) is 82.8 Å². The van der Waals surface area contributed by atoms with Gasteiger partial charge < -0.3 is 15.3 Å². The van der Waals surface area contributed by atoms with Crippen molar-refractivity contribution in [1.82, 2.24) is 19.5 Å². The zero-order valence-corrected chi connectivity index (χ0v) is 22.9. The number of para-hydroxylation sites is 1. The summed E-state index contributed by atoms with van der Waals surface area (Å²) >= 11 is 0. The maximum Gasteiger partial charge on any atom is 0.225 e. The SMILES string of the molecule is CCC.Cc1cnn2c(NC3CCN(C(=O)C(C)Cc4ccccc4)CC3)cc(-c3ccccc3O)nc12. The highest BCUT2D eigenvalue weighted by Gasteiger charge is 2.27. The number of nitrogens with zero attached hydrogens (tertiary/aromatic N) is 4. The summed E-state index contributed by atoms with van der Waals surface area (Å²) in [5.74, 6) is 1.23. The number of aromatic hydroxyl groups is 1. The summed E-state index contributed by atoms with van der Waals surface area (Å²) in [5.41, 5.74) is 4.31. The van der Waals surface area contributed by atoms with E-state index in [4.69, 9.17) is 4.98 Å². The number of nitrogens with one attached hydrogen (secondary N) is 1. The number of benzene rings is 2. The van der Waals surface area contributed by atoms with Crippen LogP contribution in [-0.2, 0) is 11.2 Å². The Hall–Kier alpha value is -3.87. The van der Waals surface area contributed by atoms with Crippen molar-refractivity contribution in [1.29, 1.82) is 0 Å². The number of likely N-dealkylation sites (tertiary alicyclic amines) is 1. The molecule has 2 aromatic carbocycles. The van der Waals surface area contributed by atoms with Gasteiger partial charge in [0.05, 0.1) is 11.9 Å². The number of rotatable bonds is 6. The minimum absolute atomic E-state index is 0.0325. The van der Waals surface area contributed by atoms with Crippen molar-refractivity contribution in [3.05, 3.63) is 78.0 Å². The van der Waals surface area contributed by atoms with Gasteiger partial charge in [0.2, 0.25) is 5.91 Å². The number of hydrogen-bond donors (Lipinski definition) is 2. The molecule has 0 aliphatic carbocycles. The molecule has 1 aliphatic heterocycles. The zero-order chi connectivity index (χ0) is 27.1. The first kappa shape index (κ1) is 27.2. The molecule has 7 nitrogen and oxygen atoms in total. The van der Waals surface area contributed by atoms with E-state index in [1.807, 2.05) is 59.7 Å². The minimum atomic E-state index is -0.0325. The maximum absolute atomic E-state index is 13.0. The molecule has 0 spiro atoms. The smallest absolute Gasteiger partial charge is 0.225 e. The number of carbonyl (C=O) groups is 1. The van der Waals surface area contributed by atoms with Gasteiger partial charge in [0.1, 0.15) is 11.6 Å². The van der Waals surface area contributed by atoms with Gasteiger partial charge >= 0.3 is 0 Å². The maximum atomic E-state index is 13.0. The predicted octanol–water partition coefficient (Wildman–Crippen LogP) is 6.11. The van der Waals surface area contributed by atoms with Crippen LogP contribution in [0.5, 0.6) is 5.75 Å². The summed E-state index contributed by atoms with van der Waals surface area (Å²) in [6, 6.07) is 19.6. The first-order valence-corrected chi connectivity index (χ1v) is 13.6. The molecule has 38 heavy (non-hydrogen) atoms. The number of piperidine rings is 1. The Balaban J connectivity index is 0.00000107. The molecule has 1 atom stereocenters. The number of hydrogen-bond acceptors (Lipinski definition) is 5. The van der Waals surface area contributed by atoms with Crippen molar-refractivity contribution in [2.24, 2.45) is 5.92 Å². The summed E-state index contributed by atoms with van der Waals surface area (Å²) in [4.78, 5) is 19.8. The number of aryl methyl sites for hydroxylation is 1. The van der Waals surface area contributed by atoms with E-state index < -0.39 is 0 Å². The van der Waals surface area contributed by atoms with E-state index >= 15 is 0 Å². The lowest BCUT2D eigenvalue weighted by Gasteiger charge is -2.34. The normalized spacial score (nSPS) is 14.6. The van der Waals surface area contributed by atoms with Crippen LogP contribution >= 0.6 is 0 Å². The molecule has 1 unspecified atom stereocenters. The first-order valence-electron chi connectivity index (χ1n) is 13.6. The van der Waals surface area contributed by atoms with Gasteiger partial charge in [-0.3, -0.25) is 4.79 Å². The Morgan fingerprint density at radius 1 is 1.08 bits per heavy atom. The van der Waals surface area contributed by atoms with E-state index in [0.717, 1.165) is 49.4 Å². The van der Waals surface area contributed by atoms with Gasteiger partial charge in [-0.2, -0.15) is 9.61 Å². The van der Waals surface area contributed by atoms with E-state index in [-0.39, 0.29) is 23.6 Å². The highest BCUT2D eigenvalue weighted by atomic mass is 16.3. The monoisotopic (exact) mass is 513 g/mol. The van der Waals surface area contributed by atoms with E-state index in [0.29, 0.717) is 11.3 Å². The second kappa shape index (κ2) is 12.6. The van der Waals surface area contributed by atoms with Gasteiger partial charge in [-0.15, -0.1) is 0 Å². The van der Waals surface area contributed by atoms with Crippen LogP contribution in [0.25, 0.3) is 16.9 Å². The van der Waals surface area contributed by atoms with E-state index in [1.165, 1.54) is 12.0 Å². The molecule has 2 N–H and O–H groups in total. The second-order valence-corrected chi connectivity index (χ2v) is 10.1. The third kappa shape index (κ3) is 6.33. The molecule has 0 saturated carbocycles. The summed E-state index contributed by atoms with van der Waals surface area (Å²) in [6.45, 7) is 9.71. The van der Waals surface area contributed by atoms with Crippen LogP contribution in [0.15, 0.2) is 66.9 Å². The highest BCUT2D eigenvalue weighted by molar-refractivity contribution is 5.79. The molecule has 0 bridgehead atoms. The van der Waals surface area contributed by atoms with Crippen molar-refractivity contribution in [2.45, 2.75) is 59.4 Å². The third-order valence-electron chi connectivity index (χ3n) is 6.79. The fraction of sp³-hybridized carbons (Fsp3) is 0.387. The lowest BCUT2D eigenvalue weighted by Crippen LogP contribution is -2.44. The van der Waals surface area contributed by atoms with Gasteiger partial charge in [0.15, 0.2) is 5.65 Å². The molecule has 0 radical (unpaired) electrons. The highest BCUT2D eigenvalue weighted by Crippen LogP contribution is 2.31. The predicted molar refractivity (Wildman–Crippen MR) is 153 cm³/mol. The van der Waals surface area contributed by atoms with Crippen LogP contribution < -0.4 is 5.32 Å². The van der Waals surface area contributed by atoms with Gasteiger partial charge in [-0.1, -0.05) is 69.7 Å². The number of anilines is 1.